The van der Waals surface area contributed by atoms with Crippen LogP contribution in [-0.2, 0) is 0 Å². The Labute approximate surface area is 117 Å². The minimum atomic E-state index is 0.0270. The Kier molecular flexibility index (Phi) is 3.36. The highest BCUT2D eigenvalue weighted by molar-refractivity contribution is 6.07. The molecule has 20 heavy (non-hydrogen) atoms. The summed E-state index contributed by atoms with van der Waals surface area (Å²) in [6, 6.07) is 5.51. The largest absolute Gasteiger partial charge is 0.399 e. The molecule has 2 heterocycles. The summed E-state index contributed by atoms with van der Waals surface area (Å²) in [4.78, 5) is 17.5. The van der Waals surface area contributed by atoms with E-state index in [1.807, 2.05) is 17.0 Å². The average Bonchev–Trinajstić information content (AvgIpc) is 2.89. The number of benzene rings is 1. The summed E-state index contributed by atoms with van der Waals surface area (Å²) in [6.45, 7) is 1.54. The molecule has 1 aliphatic heterocycles. The SMILES string of the molecule is Nc1ccc2c(C(=O)N3CCCC(CO)C3)c[nH]c2c1. The number of hydrogen-bond acceptors (Lipinski definition) is 3. The number of piperidine rings is 1. The summed E-state index contributed by atoms with van der Waals surface area (Å²) < 4.78 is 0. The van der Waals surface area contributed by atoms with Crippen molar-refractivity contribution in [2.75, 3.05) is 25.4 Å². The van der Waals surface area contributed by atoms with Crippen LogP contribution in [0, 0.1) is 5.92 Å². The highest BCUT2D eigenvalue weighted by Gasteiger charge is 2.25. The van der Waals surface area contributed by atoms with Crippen LogP contribution in [0.1, 0.15) is 23.2 Å². The molecule has 0 radical (unpaired) electrons. The molecule has 1 saturated heterocycles. The van der Waals surface area contributed by atoms with Gasteiger partial charge in [-0.25, -0.2) is 0 Å². The second-order valence-electron chi connectivity index (χ2n) is 5.45. The summed E-state index contributed by atoms with van der Waals surface area (Å²) in [5.74, 6) is 0.229. The van der Waals surface area contributed by atoms with Crippen LogP contribution in [0.4, 0.5) is 5.69 Å². The van der Waals surface area contributed by atoms with E-state index in [9.17, 15) is 9.90 Å². The Morgan fingerprint density at radius 3 is 3.15 bits per heavy atom. The third kappa shape index (κ3) is 2.25. The fraction of sp³-hybridized carbons (Fsp3) is 0.400. The van der Waals surface area contributed by atoms with Gasteiger partial charge in [0.1, 0.15) is 0 Å². The number of nitrogens with zero attached hydrogens (tertiary/aromatic N) is 1. The van der Waals surface area contributed by atoms with Crippen LogP contribution in [0.2, 0.25) is 0 Å². The molecule has 1 atom stereocenters. The van der Waals surface area contributed by atoms with Crippen LogP contribution in [0.5, 0.6) is 0 Å². The van der Waals surface area contributed by atoms with Crippen molar-refractivity contribution in [3.63, 3.8) is 0 Å². The third-order valence-corrected chi connectivity index (χ3v) is 4.00. The average molecular weight is 273 g/mol. The van der Waals surface area contributed by atoms with Crippen molar-refractivity contribution in [1.29, 1.82) is 0 Å². The number of amides is 1. The predicted molar refractivity (Wildman–Crippen MR) is 78.4 cm³/mol. The van der Waals surface area contributed by atoms with Gasteiger partial charge in [-0.05, 0) is 37.0 Å². The first-order valence-electron chi connectivity index (χ1n) is 6.96. The topological polar surface area (TPSA) is 82.3 Å². The Bertz CT molecular complexity index is 635. The molecule has 4 N–H and O–H groups in total. The maximum atomic E-state index is 12.6. The molecule has 106 valence electrons. The van der Waals surface area contributed by atoms with Crippen LogP contribution < -0.4 is 5.73 Å². The van der Waals surface area contributed by atoms with Gasteiger partial charge in [-0.1, -0.05) is 0 Å². The molecule has 1 aromatic carbocycles. The van der Waals surface area contributed by atoms with Crippen molar-refractivity contribution >= 4 is 22.5 Å². The highest BCUT2D eigenvalue weighted by Crippen LogP contribution is 2.24. The van der Waals surface area contributed by atoms with E-state index in [-0.39, 0.29) is 18.4 Å². The van der Waals surface area contributed by atoms with E-state index >= 15 is 0 Å². The molecule has 1 fully saturated rings. The van der Waals surface area contributed by atoms with Gasteiger partial charge in [-0.3, -0.25) is 4.79 Å². The van der Waals surface area contributed by atoms with Gasteiger partial charge in [0.05, 0.1) is 5.56 Å². The van der Waals surface area contributed by atoms with Crippen molar-refractivity contribution < 1.29 is 9.90 Å². The molecule has 1 aromatic heterocycles. The number of nitrogen functional groups attached to an aromatic ring is 1. The zero-order valence-corrected chi connectivity index (χ0v) is 11.3. The molecule has 0 bridgehead atoms. The molecule has 1 aliphatic rings. The van der Waals surface area contributed by atoms with Crippen molar-refractivity contribution in [2.45, 2.75) is 12.8 Å². The number of aliphatic hydroxyl groups excluding tert-OH is 1. The number of aliphatic hydroxyl groups is 1. The fourth-order valence-electron chi connectivity index (χ4n) is 2.89. The smallest absolute Gasteiger partial charge is 0.256 e. The van der Waals surface area contributed by atoms with Gasteiger partial charge in [0.15, 0.2) is 0 Å². The second-order valence-corrected chi connectivity index (χ2v) is 5.45. The molecule has 5 nitrogen and oxygen atoms in total. The Morgan fingerprint density at radius 2 is 2.35 bits per heavy atom. The van der Waals surface area contributed by atoms with Crippen LogP contribution >= 0.6 is 0 Å². The molecule has 0 aliphatic carbocycles. The van der Waals surface area contributed by atoms with E-state index in [1.54, 1.807) is 12.3 Å². The van der Waals surface area contributed by atoms with Gasteiger partial charge in [-0.2, -0.15) is 0 Å². The lowest BCUT2D eigenvalue weighted by Gasteiger charge is -2.31. The molecular weight excluding hydrogens is 254 g/mol. The zero-order chi connectivity index (χ0) is 14.1. The zero-order valence-electron chi connectivity index (χ0n) is 11.3. The number of likely N-dealkylation sites (tertiary alicyclic amines) is 1. The van der Waals surface area contributed by atoms with Crippen LogP contribution in [-0.4, -0.2) is 40.6 Å². The first-order valence-corrected chi connectivity index (χ1v) is 6.96. The van der Waals surface area contributed by atoms with E-state index in [0.29, 0.717) is 17.8 Å². The van der Waals surface area contributed by atoms with Crippen molar-refractivity contribution in [2.24, 2.45) is 5.92 Å². The molecule has 0 saturated carbocycles. The lowest BCUT2D eigenvalue weighted by atomic mass is 9.98. The minimum Gasteiger partial charge on any atom is -0.399 e. The Morgan fingerprint density at radius 1 is 1.50 bits per heavy atom. The number of carbonyl (C=O) groups excluding carboxylic acids is 1. The molecule has 2 aromatic rings. The van der Waals surface area contributed by atoms with Crippen molar-refractivity contribution in [3.8, 4) is 0 Å². The number of aromatic amines is 1. The number of H-pyrrole nitrogens is 1. The molecule has 1 unspecified atom stereocenters. The fourth-order valence-corrected chi connectivity index (χ4v) is 2.89. The van der Waals surface area contributed by atoms with Gasteiger partial charge in [0.2, 0.25) is 0 Å². The summed E-state index contributed by atoms with van der Waals surface area (Å²) in [5, 5.41) is 10.2. The van der Waals surface area contributed by atoms with E-state index in [4.69, 9.17) is 5.73 Å². The first-order chi connectivity index (χ1) is 9.69. The third-order valence-electron chi connectivity index (χ3n) is 4.00. The van der Waals surface area contributed by atoms with Gasteiger partial charge in [0, 0.05) is 42.5 Å². The number of fused-ring (bicyclic) bond motifs is 1. The maximum absolute atomic E-state index is 12.6. The van der Waals surface area contributed by atoms with Gasteiger partial charge >= 0.3 is 0 Å². The monoisotopic (exact) mass is 273 g/mol. The number of nitrogens with one attached hydrogen (secondary N) is 1. The molecular formula is C15H19N3O2. The van der Waals surface area contributed by atoms with Gasteiger partial charge in [-0.15, -0.1) is 0 Å². The number of carbonyl (C=O) groups is 1. The first kappa shape index (κ1) is 13.0. The molecule has 1 amide bonds. The summed E-state index contributed by atoms with van der Waals surface area (Å²) in [7, 11) is 0. The van der Waals surface area contributed by atoms with E-state index in [1.165, 1.54) is 0 Å². The number of aromatic nitrogens is 1. The number of rotatable bonds is 2. The van der Waals surface area contributed by atoms with Crippen LogP contribution in [0.3, 0.4) is 0 Å². The van der Waals surface area contributed by atoms with E-state index < -0.39 is 0 Å². The lowest BCUT2D eigenvalue weighted by Crippen LogP contribution is -2.40. The Hall–Kier alpha value is -2.01. The van der Waals surface area contributed by atoms with Gasteiger partial charge < -0.3 is 20.7 Å². The van der Waals surface area contributed by atoms with E-state index in [0.717, 1.165) is 30.3 Å². The van der Waals surface area contributed by atoms with Crippen LogP contribution in [0.15, 0.2) is 24.4 Å². The molecule has 3 rings (SSSR count). The highest BCUT2D eigenvalue weighted by atomic mass is 16.3. The molecule has 5 heteroatoms. The summed E-state index contributed by atoms with van der Waals surface area (Å²) in [5.41, 5.74) is 7.98. The van der Waals surface area contributed by atoms with Crippen molar-refractivity contribution in [1.82, 2.24) is 9.88 Å². The minimum absolute atomic E-state index is 0.0270. The number of anilines is 1. The van der Waals surface area contributed by atoms with Gasteiger partial charge in [0.25, 0.3) is 5.91 Å². The van der Waals surface area contributed by atoms with E-state index in [2.05, 4.69) is 4.98 Å². The summed E-state index contributed by atoms with van der Waals surface area (Å²) >= 11 is 0. The number of hydrogen-bond donors (Lipinski definition) is 3. The standard InChI is InChI=1S/C15H19N3O2/c16-11-3-4-12-13(7-17-14(12)6-11)15(20)18-5-1-2-10(8-18)9-19/h3-4,6-7,10,17,19H,1-2,5,8-9,16H2. The predicted octanol–water partition coefficient (Wildman–Crippen LogP) is 1.59. The summed E-state index contributed by atoms with van der Waals surface area (Å²) in [6.07, 6.45) is 3.69. The lowest BCUT2D eigenvalue weighted by molar-refractivity contribution is 0.0622. The molecule has 0 spiro atoms. The Balaban J connectivity index is 1.88. The second kappa shape index (κ2) is 5.17. The number of nitrogens with two attached hydrogens (primary N) is 1. The maximum Gasteiger partial charge on any atom is 0.256 e. The quantitative estimate of drug-likeness (QED) is 0.727. The van der Waals surface area contributed by atoms with Crippen LogP contribution in [0.25, 0.3) is 10.9 Å². The van der Waals surface area contributed by atoms with Crippen molar-refractivity contribution in [3.05, 3.63) is 30.0 Å². The normalized spacial score (nSPS) is 19.4.